The van der Waals surface area contributed by atoms with E-state index in [1.54, 1.807) is 6.08 Å². The third kappa shape index (κ3) is 6.62. The molecule has 0 spiro atoms. The van der Waals surface area contributed by atoms with Crippen LogP contribution in [-0.2, 0) is 6.42 Å². The smallest absolute Gasteiger partial charge is 0.0537 e. The predicted molar refractivity (Wildman–Crippen MR) is 234 cm³/mol. The highest BCUT2D eigenvalue weighted by molar-refractivity contribution is 5.99. The number of anilines is 2. The van der Waals surface area contributed by atoms with Crippen LogP contribution in [0.5, 0.6) is 0 Å². The first-order valence-corrected chi connectivity index (χ1v) is 18.4. The van der Waals surface area contributed by atoms with Crippen LogP contribution in [0, 0.1) is 0 Å². The SMILES string of the molecule is C=C/C=C(\C=C)c1ccc(N(C(=C)/C=C\C(=C)c2ccc(C3=Cc4c(n(-c5ccccc5)c5ccccc45)CC3)cc2)c2ccc3ccccc3c2)cc1. The minimum Gasteiger partial charge on any atom is -0.313 e. The van der Waals surface area contributed by atoms with Crippen LogP contribution in [0.1, 0.15) is 34.4 Å². The lowest BCUT2D eigenvalue weighted by Crippen LogP contribution is -2.14. The van der Waals surface area contributed by atoms with E-state index < -0.39 is 0 Å². The highest BCUT2D eigenvalue weighted by Gasteiger charge is 2.21. The molecule has 2 heteroatoms. The average Bonchev–Trinajstić information content (AvgIpc) is 3.56. The Bertz CT molecular complexity index is 2640. The second kappa shape index (κ2) is 15.0. The molecule has 0 saturated heterocycles. The molecule has 1 aliphatic rings. The normalized spacial score (nSPS) is 12.7. The van der Waals surface area contributed by atoms with Gasteiger partial charge in [0.1, 0.15) is 0 Å². The lowest BCUT2D eigenvalue weighted by molar-refractivity contribution is 0.898. The molecule has 260 valence electrons. The molecule has 8 rings (SSSR count). The Morgan fingerprint density at radius 3 is 2.07 bits per heavy atom. The minimum absolute atomic E-state index is 0.833. The molecule has 0 bridgehead atoms. The molecule has 0 atom stereocenters. The highest BCUT2D eigenvalue weighted by atomic mass is 15.1. The Morgan fingerprint density at radius 2 is 1.31 bits per heavy atom. The van der Waals surface area contributed by atoms with E-state index in [9.17, 15) is 0 Å². The van der Waals surface area contributed by atoms with Gasteiger partial charge in [-0.3, -0.25) is 0 Å². The van der Waals surface area contributed by atoms with Crippen molar-refractivity contribution in [3.05, 3.63) is 236 Å². The van der Waals surface area contributed by atoms with Gasteiger partial charge >= 0.3 is 0 Å². The second-order valence-corrected chi connectivity index (χ2v) is 13.6. The van der Waals surface area contributed by atoms with Gasteiger partial charge in [0.05, 0.1) is 5.52 Å². The molecular formula is C52H42N2. The third-order valence-corrected chi connectivity index (χ3v) is 10.3. The summed E-state index contributed by atoms with van der Waals surface area (Å²) in [6.45, 7) is 16.8. The van der Waals surface area contributed by atoms with E-state index in [-0.39, 0.29) is 0 Å². The molecule has 1 aromatic heterocycles. The van der Waals surface area contributed by atoms with E-state index in [4.69, 9.17) is 0 Å². The summed E-state index contributed by atoms with van der Waals surface area (Å²) in [7, 11) is 0. The topological polar surface area (TPSA) is 8.17 Å². The van der Waals surface area contributed by atoms with Gasteiger partial charge in [0.25, 0.3) is 0 Å². The summed E-state index contributed by atoms with van der Waals surface area (Å²) in [5, 5.41) is 3.67. The van der Waals surface area contributed by atoms with Crippen molar-refractivity contribution in [3.63, 3.8) is 0 Å². The summed E-state index contributed by atoms with van der Waals surface area (Å²) < 4.78 is 2.43. The van der Waals surface area contributed by atoms with E-state index in [1.165, 1.54) is 49.8 Å². The number of hydrogen-bond donors (Lipinski definition) is 0. The van der Waals surface area contributed by atoms with Gasteiger partial charge in [0.15, 0.2) is 0 Å². The van der Waals surface area contributed by atoms with E-state index in [2.05, 4.69) is 200 Å². The van der Waals surface area contributed by atoms with Crippen molar-refractivity contribution in [3.8, 4) is 5.69 Å². The van der Waals surface area contributed by atoms with Crippen molar-refractivity contribution in [2.75, 3.05) is 4.90 Å². The maximum atomic E-state index is 4.54. The van der Waals surface area contributed by atoms with Gasteiger partial charge in [0.2, 0.25) is 0 Å². The molecule has 1 aliphatic carbocycles. The van der Waals surface area contributed by atoms with Gasteiger partial charge in [-0.25, -0.2) is 0 Å². The van der Waals surface area contributed by atoms with Crippen molar-refractivity contribution in [2.24, 2.45) is 0 Å². The van der Waals surface area contributed by atoms with Crippen LogP contribution in [0.3, 0.4) is 0 Å². The van der Waals surface area contributed by atoms with Crippen LogP contribution in [-0.4, -0.2) is 4.57 Å². The number of hydrogen-bond acceptors (Lipinski definition) is 1. The van der Waals surface area contributed by atoms with Gasteiger partial charge in [-0.15, -0.1) is 0 Å². The first kappa shape index (κ1) is 34.2. The van der Waals surface area contributed by atoms with E-state index in [1.807, 2.05) is 12.2 Å². The number of fused-ring (bicyclic) bond motifs is 4. The number of allylic oxidation sites excluding steroid dienone is 8. The van der Waals surface area contributed by atoms with Crippen LogP contribution < -0.4 is 4.90 Å². The van der Waals surface area contributed by atoms with Crippen LogP contribution in [0.25, 0.3) is 50.2 Å². The Labute approximate surface area is 318 Å². The molecule has 0 N–H and O–H groups in total. The molecule has 7 aromatic rings. The zero-order chi connectivity index (χ0) is 37.0. The monoisotopic (exact) mass is 694 g/mol. The van der Waals surface area contributed by atoms with Gasteiger partial charge in [-0.05, 0) is 112 Å². The summed E-state index contributed by atoms with van der Waals surface area (Å²) in [4.78, 5) is 2.19. The quantitative estimate of drug-likeness (QED) is 0.122. The summed E-state index contributed by atoms with van der Waals surface area (Å²) >= 11 is 0. The minimum atomic E-state index is 0.833. The summed E-state index contributed by atoms with van der Waals surface area (Å²) in [6.07, 6.45) is 14.1. The Morgan fingerprint density at radius 1 is 0.630 bits per heavy atom. The number of nitrogens with zero attached hydrogens (tertiary/aromatic N) is 2. The van der Waals surface area contributed by atoms with Gasteiger partial charge in [-0.1, -0.05) is 154 Å². The van der Waals surface area contributed by atoms with Crippen molar-refractivity contribution in [1.29, 1.82) is 0 Å². The Kier molecular flexibility index (Phi) is 9.49. The average molecular weight is 695 g/mol. The van der Waals surface area contributed by atoms with Crippen molar-refractivity contribution < 1.29 is 0 Å². The molecule has 0 fully saturated rings. The van der Waals surface area contributed by atoms with Gasteiger partial charge in [0, 0.05) is 39.4 Å². The summed E-state index contributed by atoms with van der Waals surface area (Å²) in [6, 6.07) is 51.7. The lowest BCUT2D eigenvalue weighted by Gasteiger charge is -2.26. The number of benzene rings is 6. The van der Waals surface area contributed by atoms with Crippen LogP contribution in [0.4, 0.5) is 11.4 Å². The van der Waals surface area contributed by atoms with Gasteiger partial charge < -0.3 is 9.47 Å². The summed E-state index contributed by atoms with van der Waals surface area (Å²) in [5.41, 5.74) is 14.7. The molecule has 0 aliphatic heterocycles. The Balaban J connectivity index is 1.05. The molecule has 2 nitrogen and oxygen atoms in total. The van der Waals surface area contributed by atoms with Crippen LogP contribution >= 0.6 is 0 Å². The zero-order valence-electron chi connectivity index (χ0n) is 30.5. The fraction of sp³-hybridized carbons (Fsp3) is 0.0385. The predicted octanol–water partition coefficient (Wildman–Crippen LogP) is 13.9. The van der Waals surface area contributed by atoms with E-state index >= 15 is 0 Å². The maximum absolute atomic E-state index is 4.54. The maximum Gasteiger partial charge on any atom is 0.0537 e. The van der Waals surface area contributed by atoms with Crippen molar-refractivity contribution >= 4 is 55.8 Å². The molecule has 0 amide bonds. The van der Waals surface area contributed by atoms with Gasteiger partial charge in [-0.2, -0.15) is 0 Å². The number of para-hydroxylation sites is 2. The lowest BCUT2D eigenvalue weighted by atomic mass is 9.90. The number of aromatic nitrogens is 1. The molecule has 0 radical (unpaired) electrons. The highest BCUT2D eigenvalue weighted by Crippen LogP contribution is 2.39. The van der Waals surface area contributed by atoms with Crippen molar-refractivity contribution in [1.82, 2.24) is 4.57 Å². The van der Waals surface area contributed by atoms with Crippen LogP contribution in [0.2, 0.25) is 0 Å². The summed E-state index contributed by atoms with van der Waals surface area (Å²) in [5.74, 6) is 0. The first-order valence-electron chi connectivity index (χ1n) is 18.4. The second-order valence-electron chi connectivity index (χ2n) is 13.6. The van der Waals surface area contributed by atoms with Crippen LogP contribution in [0.15, 0.2) is 208 Å². The first-order chi connectivity index (χ1) is 26.5. The Hall–Kier alpha value is -6.90. The zero-order valence-corrected chi connectivity index (χ0v) is 30.5. The number of rotatable bonds is 11. The molecule has 1 heterocycles. The largest absolute Gasteiger partial charge is 0.313 e. The molecule has 6 aromatic carbocycles. The molecule has 54 heavy (non-hydrogen) atoms. The van der Waals surface area contributed by atoms with E-state index in [0.717, 1.165) is 52.2 Å². The standard InChI is InChI=1S/C52H42N2/c1-5-14-39(6-2)42-27-31-47(32-28-42)53(48-33-29-41-15-10-11-16-44(41)35-48)38(4)22-21-37(3)40-23-25-43(26-24-40)45-30-34-52-50(36-45)49-19-12-13-20-51(49)54(52)46-17-8-7-9-18-46/h5-29,31-33,35-36H,1-4,30,34H2/b22-21-,39-14+. The molecular weight excluding hydrogens is 653 g/mol. The van der Waals surface area contributed by atoms with E-state index in [0.29, 0.717) is 0 Å². The van der Waals surface area contributed by atoms with Crippen molar-refractivity contribution in [2.45, 2.75) is 12.8 Å². The molecule has 0 unspecified atom stereocenters. The third-order valence-electron chi connectivity index (χ3n) is 10.3. The fourth-order valence-corrected chi connectivity index (χ4v) is 7.60. The fourth-order valence-electron chi connectivity index (χ4n) is 7.60. The molecule has 0 saturated carbocycles.